The van der Waals surface area contributed by atoms with Gasteiger partial charge in [0, 0.05) is 23.6 Å². The lowest BCUT2D eigenvalue weighted by molar-refractivity contribution is 0.492. The molecule has 3 aromatic rings. The van der Waals surface area contributed by atoms with Crippen molar-refractivity contribution in [1.29, 1.82) is 0 Å². The number of imidazole rings is 1. The van der Waals surface area contributed by atoms with E-state index in [-0.39, 0.29) is 0 Å². The summed E-state index contributed by atoms with van der Waals surface area (Å²) in [4.78, 5) is 7.54. The molecule has 0 atom stereocenters. The molecule has 0 fully saturated rings. The minimum absolute atomic E-state index is 0.683. The summed E-state index contributed by atoms with van der Waals surface area (Å²) >= 11 is 8.71. The molecule has 0 spiro atoms. The van der Waals surface area contributed by atoms with E-state index in [1.807, 2.05) is 22.8 Å². The highest BCUT2D eigenvalue weighted by Gasteiger charge is 2.07. The van der Waals surface area contributed by atoms with Crippen LogP contribution in [0.4, 0.5) is 0 Å². The molecule has 1 N–H and O–H groups in total. The van der Waals surface area contributed by atoms with Crippen molar-refractivity contribution in [3.63, 3.8) is 0 Å². The smallest absolute Gasteiger partial charge is 0.179 e. The van der Waals surface area contributed by atoms with Gasteiger partial charge in [-0.05, 0) is 46.3 Å². The lowest BCUT2D eigenvalue weighted by Gasteiger charge is -2.01. The first-order valence-electron chi connectivity index (χ1n) is 5.50. The molecular weight excluding hydrogens is 314 g/mol. The van der Waals surface area contributed by atoms with E-state index >= 15 is 0 Å². The first-order chi connectivity index (χ1) is 8.74. The molecule has 92 valence electrons. The molecule has 4 nitrogen and oxygen atoms in total. The maximum Gasteiger partial charge on any atom is 0.179 e. The maximum atomic E-state index is 5.32. The second-order valence-corrected chi connectivity index (χ2v) is 5.24. The van der Waals surface area contributed by atoms with Crippen LogP contribution < -0.4 is 0 Å². The maximum absolute atomic E-state index is 5.32. The number of pyridine rings is 1. The van der Waals surface area contributed by atoms with Gasteiger partial charge in [-0.15, -0.1) is 0 Å². The fraction of sp³-hybridized carbons (Fsp3) is 0.167. The average molecular weight is 324 g/mol. The van der Waals surface area contributed by atoms with Gasteiger partial charge in [0.2, 0.25) is 0 Å². The Balaban J connectivity index is 1.96. The van der Waals surface area contributed by atoms with Gasteiger partial charge in [-0.1, -0.05) is 0 Å². The first-order valence-corrected chi connectivity index (χ1v) is 6.70. The third-order valence-corrected chi connectivity index (χ3v) is 3.49. The molecule has 0 aliphatic carbocycles. The number of aryl methyl sites for hydroxylation is 2. The topological polar surface area (TPSA) is 46.8 Å². The van der Waals surface area contributed by atoms with E-state index in [9.17, 15) is 0 Å². The zero-order valence-corrected chi connectivity index (χ0v) is 11.8. The SMILES string of the molecule is S=c1[nH]c2cc(Br)cnc2n1CCc1ccco1. The van der Waals surface area contributed by atoms with Gasteiger partial charge in [0.25, 0.3) is 0 Å². The standard InChI is InChI=1S/C12H10BrN3OS/c13-8-6-10-11(14-7-8)16(12(18)15-10)4-3-9-2-1-5-17-9/h1-2,5-7H,3-4H2,(H,15,18). The Labute approximate surface area is 117 Å². The van der Waals surface area contributed by atoms with E-state index in [0.717, 1.165) is 34.4 Å². The fourth-order valence-electron chi connectivity index (χ4n) is 1.90. The van der Waals surface area contributed by atoms with E-state index in [4.69, 9.17) is 16.6 Å². The molecule has 0 saturated carbocycles. The number of aromatic amines is 1. The van der Waals surface area contributed by atoms with Crippen molar-refractivity contribution >= 4 is 39.3 Å². The van der Waals surface area contributed by atoms with Crippen LogP contribution in [0.15, 0.2) is 39.5 Å². The summed E-state index contributed by atoms with van der Waals surface area (Å²) in [5, 5.41) is 0. The summed E-state index contributed by atoms with van der Waals surface area (Å²) in [6.45, 7) is 0.751. The van der Waals surface area contributed by atoms with Crippen LogP contribution in [-0.2, 0) is 13.0 Å². The van der Waals surface area contributed by atoms with E-state index in [0.29, 0.717) is 4.77 Å². The van der Waals surface area contributed by atoms with Gasteiger partial charge in [0.1, 0.15) is 5.76 Å². The van der Waals surface area contributed by atoms with Crippen LogP contribution in [0.3, 0.4) is 0 Å². The molecule has 0 radical (unpaired) electrons. The average Bonchev–Trinajstić information content (AvgIpc) is 2.93. The number of H-pyrrole nitrogens is 1. The molecule has 3 rings (SSSR count). The van der Waals surface area contributed by atoms with Gasteiger partial charge in [0.15, 0.2) is 10.4 Å². The Kier molecular flexibility index (Phi) is 3.05. The molecule has 0 aliphatic heterocycles. The van der Waals surface area contributed by atoms with Crippen LogP contribution in [0.2, 0.25) is 0 Å². The van der Waals surface area contributed by atoms with Crippen molar-refractivity contribution in [2.24, 2.45) is 0 Å². The lowest BCUT2D eigenvalue weighted by Crippen LogP contribution is -2.01. The number of fused-ring (bicyclic) bond motifs is 1. The number of nitrogens with zero attached hydrogens (tertiary/aromatic N) is 2. The quantitative estimate of drug-likeness (QED) is 0.748. The van der Waals surface area contributed by atoms with Crippen LogP contribution in [0.25, 0.3) is 11.2 Å². The zero-order chi connectivity index (χ0) is 12.5. The number of halogens is 1. The summed E-state index contributed by atoms with van der Waals surface area (Å²) in [5.74, 6) is 0.948. The van der Waals surface area contributed by atoms with Gasteiger partial charge >= 0.3 is 0 Å². The normalized spacial score (nSPS) is 11.2. The van der Waals surface area contributed by atoms with Gasteiger partial charge in [-0.2, -0.15) is 0 Å². The van der Waals surface area contributed by atoms with E-state index in [2.05, 4.69) is 25.9 Å². The molecule has 0 aliphatic rings. The molecule has 0 aromatic carbocycles. The third kappa shape index (κ3) is 2.13. The number of furan rings is 1. The molecule has 3 aromatic heterocycles. The van der Waals surface area contributed by atoms with Gasteiger partial charge in [0.05, 0.1) is 11.8 Å². The molecule has 3 heterocycles. The monoisotopic (exact) mass is 323 g/mol. The second-order valence-electron chi connectivity index (χ2n) is 3.94. The largest absolute Gasteiger partial charge is 0.469 e. The number of aromatic nitrogens is 3. The Morgan fingerprint density at radius 2 is 2.39 bits per heavy atom. The Morgan fingerprint density at radius 3 is 3.17 bits per heavy atom. The highest BCUT2D eigenvalue weighted by molar-refractivity contribution is 9.10. The molecular formula is C12H10BrN3OS. The summed E-state index contributed by atoms with van der Waals surface area (Å²) in [6.07, 6.45) is 4.25. The van der Waals surface area contributed by atoms with Gasteiger partial charge in [-0.25, -0.2) is 4.98 Å². The number of hydrogen-bond donors (Lipinski definition) is 1. The van der Waals surface area contributed by atoms with Crippen molar-refractivity contribution in [3.8, 4) is 0 Å². The number of hydrogen-bond acceptors (Lipinski definition) is 3. The summed E-state index contributed by atoms with van der Waals surface area (Å²) < 4.78 is 8.92. The van der Waals surface area contributed by atoms with E-state index in [1.165, 1.54) is 0 Å². The minimum atomic E-state index is 0.683. The van der Waals surface area contributed by atoms with Gasteiger partial charge in [-0.3, -0.25) is 0 Å². The predicted molar refractivity (Wildman–Crippen MR) is 75.0 cm³/mol. The Morgan fingerprint density at radius 1 is 1.50 bits per heavy atom. The summed E-state index contributed by atoms with van der Waals surface area (Å²) in [7, 11) is 0. The van der Waals surface area contributed by atoms with Crippen LogP contribution in [0, 0.1) is 4.77 Å². The summed E-state index contributed by atoms with van der Waals surface area (Å²) in [5.41, 5.74) is 1.81. The third-order valence-electron chi connectivity index (χ3n) is 2.74. The highest BCUT2D eigenvalue weighted by atomic mass is 79.9. The van der Waals surface area contributed by atoms with Gasteiger partial charge < -0.3 is 14.0 Å². The van der Waals surface area contributed by atoms with Crippen LogP contribution in [0.5, 0.6) is 0 Å². The van der Waals surface area contributed by atoms with Crippen LogP contribution >= 0.6 is 28.1 Å². The number of nitrogens with one attached hydrogen (secondary N) is 1. The Bertz CT molecular complexity index is 729. The van der Waals surface area contributed by atoms with Crippen molar-refractivity contribution in [2.45, 2.75) is 13.0 Å². The molecule has 6 heteroatoms. The first kappa shape index (κ1) is 11.7. The summed E-state index contributed by atoms with van der Waals surface area (Å²) in [6, 6.07) is 5.82. The molecule has 18 heavy (non-hydrogen) atoms. The molecule has 0 amide bonds. The number of rotatable bonds is 3. The van der Waals surface area contributed by atoms with Crippen molar-refractivity contribution < 1.29 is 4.42 Å². The lowest BCUT2D eigenvalue weighted by atomic mass is 10.3. The van der Waals surface area contributed by atoms with Crippen molar-refractivity contribution in [1.82, 2.24) is 14.5 Å². The molecule has 0 bridgehead atoms. The van der Waals surface area contributed by atoms with Crippen LogP contribution in [0.1, 0.15) is 5.76 Å². The van der Waals surface area contributed by atoms with Crippen LogP contribution in [-0.4, -0.2) is 14.5 Å². The minimum Gasteiger partial charge on any atom is -0.469 e. The fourth-order valence-corrected chi connectivity index (χ4v) is 2.52. The van der Waals surface area contributed by atoms with Crippen molar-refractivity contribution in [3.05, 3.63) is 45.7 Å². The predicted octanol–water partition coefficient (Wildman–Crippen LogP) is 3.69. The second kappa shape index (κ2) is 4.70. The van der Waals surface area contributed by atoms with E-state index in [1.54, 1.807) is 12.5 Å². The molecule has 0 unspecified atom stereocenters. The highest BCUT2D eigenvalue weighted by Crippen LogP contribution is 2.17. The van der Waals surface area contributed by atoms with Crippen molar-refractivity contribution in [2.75, 3.05) is 0 Å². The molecule has 0 saturated heterocycles. The zero-order valence-electron chi connectivity index (χ0n) is 9.39. The Hall–Kier alpha value is -1.40. The van der Waals surface area contributed by atoms with E-state index < -0.39 is 0 Å².